The van der Waals surface area contributed by atoms with Gasteiger partial charge in [0.05, 0.1) is 18.2 Å². The van der Waals surface area contributed by atoms with Crippen LogP contribution in [-0.4, -0.2) is 78.5 Å². The number of benzene rings is 2. The largest absolute Gasteiger partial charge is 0.463 e. The molecule has 0 saturated carbocycles. The van der Waals surface area contributed by atoms with Crippen LogP contribution in [0.25, 0.3) is 0 Å². The van der Waals surface area contributed by atoms with Gasteiger partial charge in [0.15, 0.2) is 0 Å². The van der Waals surface area contributed by atoms with Gasteiger partial charge >= 0.3 is 12.0 Å². The van der Waals surface area contributed by atoms with Crippen LogP contribution in [0.5, 0.6) is 0 Å². The number of carbonyl (C=O) groups is 3. The van der Waals surface area contributed by atoms with Crippen LogP contribution in [0.3, 0.4) is 0 Å². The molecule has 2 heterocycles. The van der Waals surface area contributed by atoms with Gasteiger partial charge in [0.2, 0.25) is 0 Å². The van der Waals surface area contributed by atoms with Crippen LogP contribution in [0.4, 0.5) is 9.18 Å². The normalized spacial score (nSPS) is 20.6. The maximum atomic E-state index is 14.7. The Kier molecular flexibility index (Phi) is 8.14. The third-order valence-electron chi connectivity index (χ3n) is 6.73. The molecule has 8 nitrogen and oxygen atoms in total. The first kappa shape index (κ1) is 26.6. The van der Waals surface area contributed by atoms with E-state index in [2.05, 4.69) is 10.2 Å². The molecule has 0 bridgehead atoms. The molecule has 2 aliphatic rings. The highest BCUT2D eigenvalue weighted by atomic mass is 35.5. The van der Waals surface area contributed by atoms with Crippen molar-refractivity contribution in [3.63, 3.8) is 0 Å². The summed E-state index contributed by atoms with van der Waals surface area (Å²) >= 11 is 5.95. The third-order valence-corrected chi connectivity index (χ3v) is 6.98. The van der Waals surface area contributed by atoms with Crippen LogP contribution >= 0.6 is 11.6 Å². The summed E-state index contributed by atoms with van der Waals surface area (Å²) in [5.41, 5.74) is 1.39. The summed E-state index contributed by atoms with van der Waals surface area (Å²) in [6.07, 6.45) is 0. The zero-order chi connectivity index (χ0) is 26.7. The lowest BCUT2D eigenvalue weighted by Crippen LogP contribution is -2.56. The number of amides is 3. The van der Waals surface area contributed by atoms with Gasteiger partial charge in [-0.15, -0.1) is 0 Å². The molecule has 10 heteroatoms. The number of hydrogen-bond acceptors (Lipinski definition) is 5. The van der Waals surface area contributed by atoms with Crippen molar-refractivity contribution in [3.8, 4) is 0 Å². The molecule has 0 aliphatic carbocycles. The second-order valence-electron chi connectivity index (χ2n) is 9.13. The van der Waals surface area contributed by atoms with Crippen LogP contribution in [0.15, 0.2) is 59.8 Å². The molecule has 0 radical (unpaired) electrons. The smallest absolute Gasteiger partial charge is 0.338 e. The van der Waals surface area contributed by atoms with E-state index in [1.165, 1.54) is 11.0 Å². The topological polar surface area (TPSA) is 82.2 Å². The SMILES string of the molecule is CCOC(=O)C1=C(CN2CCN(C(=O)c3ccc(Cl)cc3)[C@H](C)C2)N(C)C(=O)N[C@@H]1c1ccccc1F. The summed E-state index contributed by atoms with van der Waals surface area (Å²) in [7, 11) is 1.57. The zero-order valence-corrected chi connectivity index (χ0v) is 21.8. The van der Waals surface area contributed by atoms with Crippen molar-refractivity contribution in [2.75, 3.05) is 39.8 Å². The molecule has 2 atom stereocenters. The zero-order valence-electron chi connectivity index (χ0n) is 21.0. The van der Waals surface area contributed by atoms with Crippen molar-refractivity contribution < 1.29 is 23.5 Å². The van der Waals surface area contributed by atoms with Gasteiger partial charge in [-0.05, 0) is 44.2 Å². The van der Waals surface area contributed by atoms with E-state index in [1.54, 1.807) is 61.3 Å². The van der Waals surface area contributed by atoms with Crippen LogP contribution < -0.4 is 5.32 Å². The Morgan fingerprint density at radius 3 is 2.49 bits per heavy atom. The lowest BCUT2D eigenvalue weighted by Gasteiger charge is -2.42. The van der Waals surface area contributed by atoms with Crippen LogP contribution in [-0.2, 0) is 9.53 Å². The second-order valence-corrected chi connectivity index (χ2v) is 9.57. The predicted molar refractivity (Wildman–Crippen MR) is 137 cm³/mol. The lowest BCUT2D eigenvalue weighted by molar-refractivity contribution is -0.139. The average molecular weight is 529 g/mol. The first-order valence-corrected chi connectivity index (χ1v) is 12.6. The van der Waals surface area contributed by atoms with Crippen molar-refractivity contribution in [2.24, 2.45) is 0 Å². The number of likely N-dealkylation sites (N-methyl/N-ethyl adjacent to an activating group) is 1. The maximum absolute atomic E-state index is 14.7. The summed E-state index contributed by atoms with van der Waals surface area (Å²) in [6.45, 7) is 5.58. The third kappa shape index (κ3) is 5.62. The average Bonchev–Trinajstić information content (AvgIpc) is 2.87. The number of esters is 1. The molecule has 3 amide bonds. The van der Waals surface area contributed by atoms with E-state index < -0.39 is 23.9 Å². The molecule has 1 N–H and O–H groups in total. The number of urea groups is 1. The van der Waals surface area contributed by atoms with Crippen molar-refractivity contribution in [2.45, 2.75) is 25.9 Å². The lowest BCUT2D eigenvalue weighted by atomic mass is 9.93. The van der Waals surface area contributed by atoms with E-state index in [1.807, 2.05) is 6.92 Å². The molecular weight excluding hydrogens is 499 g/mol. The molecule has 2 aliphatic heterocycles. The molecule has 2 aromatic carbocycles. The van der Waals surface area contributed by atoms with Gasteiger partial charge in [-0.2, -0.15) is 0 Å². The van der Waals surface area contributed by atoms with Crippen LogP contribution in [0, 0.1) is 5.82 Å². The molecule has 0 unspecified atom stereocenters. The number of nitrogens with zero attached hydrogens (tertiary/aromatic N) is 3. The minimum absolute atomic E-state index is 0.0796. The van der Waals surface area contributed by atoms with E-state index >= 15 is 0 Å². The minimum atomic E-state index is -0.982. The van der Waals surface area contributed by atoms with E-state index in [0.29, 0.717) is 35.9 Å². The van der Waals surface area contributed by atoms with Crippen molar-refractivity contribution in [1.82, 2.24) is 20.0 Å². The van der Waals surface area contributed by atoms with Crippen molar-refractivity contribution >= 4 is 29.5 Å². The number of piperazine rings is 1. The molecule has 1 fully saturated rings. The van der Waals surface area contributed by atoms with Gasteiger partial charge in [-0.1, -0.05) is 29.8 Å². The van der Waals surface area contributed by atoms with Crippen LogP contribution in [0.2, 0.25) is 5.02 Å². The fourth-order valence-electron chi connectivity index (χ4n) is 4.79. The Hall–Kier alpha value is -3.43. The quantitative estimate of drug-likeness (QED) is 0.576. The molecule has 0 aromatic heterocycles. The number of halogens is 2. The van der Waals surface area contributed by atoms with E-state index in [-0.39, 0.29) is 36.2 Å². The number of ether oxygens (including phenoxy) is 1. The van der Waals surface area contributed by atoms with E-state index in [9.17, 15) is 18.8 Å². The standard InChI is InChI=1S/C27H30ClFN4O4/c1-4-37-26(35)23-22(31(3)27(36)30-24(23)20-7-5-6-8-21(20)29)16-32-13-14-33(17(2)15-32)25(34)18-9-11-19(28)12-10-18/h5-12,17,24H,4,13-16H2,1-3H3,(H,30,36)/t17-,24-/m1/s1. The summed E-state index contributed by atoms with van der Waals surface area (Å²) in [4.78, 5) is 44.3. The molecule has 196 valence electrons. The Morgan fingerprint density at radius 1 is 1.14 bits per heavy atom. The first-order valence-electron chi connectivity index (χ1n) is 12.2. The fourth-order valence-corrected chi connectivity index (χ4v) is 4.91. The van der Waals surface area contributed by atoms with Gasteiger partial charge in [0.1, 0.15) is 5.82 Å². The van der Waals surface area contributed by atoms with Crippen molar-refractivity contribution in [1.29, 1.82) is 0 Å². The Bertz CT molecular complexity index is 1220. The van der Waals surface area contributed by atoms with Crippen LogP contribution in [0.1, 0.15) is 35.8 Å². The highest BCUT2D eigenvalue weighted by Crippen LogP contribution is 2.33. The van der Waals surface area contributed by atoms with Gasteiger partial charge in [0, 0.05) is 61.1 Å². The molecular formula is C27H30ClFN4O4. The second kappa shape index (κ2) is 11.3. The summed E-state index contributed by atoms with van der Waals surface area (Å²) in [5, 5.41) is 3.30. The Morgan fingerprint density at radius 2 is 1.84 bits per heavy atom. The van der Waals surface area contributed by atoms with Gasteiger partial charge in [-0.3, -0.25) is 14.6 Å². The predicted octanol–water partition coefficient (Wildman–Crippen LogP) is 3.84. The molecule has 2 aromatic rings. The number of rotatable bonds is 6. The molecule has 1 saturated heterocycles. The number of hydrogen-bond donors (Lipinski definition) is 1. The maximum Gasteiger partial charge on any atom is 0.338 e. The van der Waals surface area contributed by atoms with Gasteiger partial charge < -0.3 is 15.0 Å². The fraction of sp³-hybridized carbons (Fsp3) is 0.370. The van der Waals surface area contributed by atoms with Crippen molar-refractivity contribution in [3.05, 3.63) is 81.8 Å². The van der Waals surface area contributed by atoms with E-state index in [4.69, 9.17) is 16.3 Å². The minimum Gasteiger partial charge on any atom is -0.463 e. The number of nitrogens with one attached hydrogen (secondary N) is 1. The monoisotopic (exact) mass is 528 g/mol. The Balaban J connectivity index is 1.60. The highest BCUT2D eigenvalue weighted by Gasteiger charge is 2.39. The summed E-state index contributed by atoms with van der Waals surface area (Å²) in [6, 6.07) is 11.3. The molecule has 4 rings (SSSR count). The first-order chi connectivity index (χ1) is 17.7. The highest BCUT2D eigenvalue weighted by molar-refractivity contribution is 6.30. The summed E-state index contributed by atoms with van der Waals surface area (Å²) < 4.78 is 20.1. The van der Waals surface area contributed by atoms with E-state index in [0.717, 1.165) is 0 Å². The molecule has 37 heavy (non-hydrogen) atoms. The van der Waals surface area contributed by atoms with Gasteiger partial charge in [-0.25, -0.2) is 14.0 Å². The Labute approximate surface area is 220 Å². The van der Waals surface area contributed by atoms with Gasteiger partial charge in [0.25, 0.3) is 5.91 Å². The number of carbonyl (C=O) groups excluding carboxylic acids is 3. The summed E-state index contributed by atoms with van der Waals surface area (Å²) in [5.74, 6) is -1.22. The molecule has 0 spiro atoms.